The summed E-state index contributed by atoms with van der Waals surface area (Å²) in [5, 5.41) is 9.08. The van der Waals surface area contributed by atoms with Crippen molar-refractivity contribution in [2.24, 2.45) is 5.92 Å². The lowest BCUT2D eigenvalue weighted by Crippen LogP contribution is -2.40. The number of hydrogen-bond donors (Lipinski definition) is 1. The number of carboxylic acids is 1. The van der Waals surface area contributed by atoms with Gasteiger partial charge in [0.15, 0.2) is 0 Å². The molecule has 8 heteroatoms. The quantitative estimate of drug-likeness (QED) is 0.861. The molecule has 1 aromatic carbocycles. The summed E-state index contributed by atoms with van der Waals surface area (Å²) in [6.45, 7) is 1.53. The van der Waals surface area contributed by atoms with Crippen LogP contribution in [0.3, 0.4) is 0 Å². The van der Waals surface area contributed by atoms with E-state index in [0.29, 0.717) is 37.6 Å². The maximum absolute atomic E-state index is 12.6. The van der Waals surface area contributed by atoms with E-state index < -0.39 is 21.9 Å². The van der Waals surface area contributed by atoms with Crippen LogP contribution in [0.25, 0.3) is 0 Å². The molecule has 1 atom stereocenters. The molecule has 7 nitrogen and oxygen atoms in total. The lowest BCUT2D eigenvalue weighted by molar-refractivity contribution is -0.143. The molecule has 0 bridgehead atoms. The second kappa shape index (κ2) is 5.86. The van der Waals surface area contributed by atoms with Crippen molar-refractivity contribution in [3.8, 4) is 5.75 Å². The van der Waals surface area contributed by atoms with Crippen molar-refractivity contribution in [2.75, 3.05) is 32.9 Å². The smallest absolute Gasteiger partial charge is 0.310 e. The highest BCUT2D eigenvalue weighted by atomic mass is 32.2. The molecule has 1 unspecified atom stereocenters. The molecule has 0 radical (unpaired) electrons. The van der Waals surface area contributed by atoms with Gasteiger partial charge in [-0.15, -0.1) is 0 Å². The predicted octanol–water partition coefficient (Wildman–Crippen LogP) is 0.343. The van der Waals surface area contributed by atoms with Crippen molar-refractivity contribution in [1.82, 2.24) is 4.31 Å². The van der Waals surface area contributed by atoms with Crippen molar-refractivity contribution in [3.63, 3.8) is 0 Å². The monoisotopic (exact) mass is 327 g/mol. The molecule has 1 saturated heterocycles. The highest BCUT2D eigenvalue weighted by molar-refractivity contribution is 7.89. The van der Waals surface area contributed by atoms with E-state index >= 15 is 0 Å². The molecule has 3 rings (SSSR count). The summed E-state index contributed by atoms with van der Waals surface area (Å²) in [5.74, 6) is -1.03. The molecule has 1 N–H and O–H groups in total. The van der Waals surface area contributed by atoms with Crippen LogP contribution in [-0.4, -0.2) is 56.7 Å². The first kappa shape index (κ1) is 15.3. The lowest BCUT2D eigenvalue weighted by Gasteiger charge is -2.27. The molecule has 2 aliphatic heterocycles. The fourth-order valence-electron chi connectivity index (χ4n) is 2.63. The van der Waals surface area contributed by atoms with E-state index in [1.54, 1.807) is 6.07 Å². The number of ether oxygens (including phenoxy) is 2. The van der Waals surface area contributed by atoms with Crippen molar-refractivity contribution in [1.29, 1.82) is 0 Å². The minimum atomic E-state index is -3.58. The van der Waals surface area contributed by atoms with E-state index in [9.17, 15) is 13.2 Å². The Labute approximate surface area is 128 Å². The summed E-state index contributed by atoms with van der Waals surface area (Å²) in [7, 11) is -3.58. The number of carbonyl (C=O) groups is 1. The number of benzene rings is 1. The fourth-order valence-corrected chi connectivity index (χ4v) is 4.09. The van der Waals surface area contributed by atoms with Crippen molar-refractivity contribution in [2.45, 2.75) is 11.3 Å². The molecule has 0 amide bonds. The van der Waals surface area contributed by atoms with Crippen LogP contribution in [0, 0.1) is 5.92 Å². The number of carboxylic acid groups (broad SMARTS) is 1. The van der Waals surface area contributed by atoms with Crippen LogP contribution in [0.1, 0.15) is 5.56 Å². The molecular weight excluding hydrogens is 310 g/mol. The average molecular weight is 327 g/mol. The molecule has 0 aliphatic carbocycles. The number of rotatable bonds is 3. The molecule has 0 aromatic heterocycles. The Morgan fingerprint density at radius 1 is 1.27 bits per heavy atom. The Hall–Kier alpha value is -1.64. The van der Waals surface area contributed by atoms with Gasteiger partial charge in [-0.2, -0.15) is 4.31 Å². The third kappa shape index (κ3) is 2.81. The summed E-state index contributed by atoms with van der Waals surface area (Å²) >= 11 is 0. The number of hydrogen-bond acceptors (Lipinski definition) is 5. The maximum atomic E-state index is 12.6. The van der Waals surface area contributed by atoms with E-state index in [4.69, 9.17) is 14.6 Å². The molecule has 0 saturated carbocycles. The number of aliphatic carboxylic acids is 1. The summed E-state index contributed by atoms with van der Waals surface area (Å²) < 4.78 is 37.2. The zero-order valence-corrected chi connectivity index (χ0v) is 12.7. The van der Waals surface area contributed by atoms with Crippen LogP contribution in [0.15, 0.2) is 23.1 Å². The van der Waals surface area contributed by atoms with Gasteiger partial charge in [0.05, 0.1) is 24.0 Å². The zero-order valence-electron chi connectivity index (χ0n) is 11.9. The molecule has 0 spiro atoms. The zero-order chi connectivity index (χ0) is 15.7. The third-order valence-corrected chi connectivity index (χ3v) is 5.79. The first-order chi connectivity index (χ1) is 10.5. The van der Waals surface area contributed by atoms with Crippen molar-refractivity contribution < 1.29 is 27.8 Å². The number of fused-ring (bicyclic) bond motifs is 1. The topological polar surface area (TPSA) is 93.1 Å². The Morgan fingerprint density at radius 3 is 2.68 bits per heavy atom. The Kier molecular flexibility index (Phi) is 4.07. The maximum Gasteiger partial charge on any atom is 0.310 e. The SMILES string of the molecule is O=C(O)C1COc2ccc(S(=O)(=O)N3CCOCC3)cc2C1. The number of sulfonamides is 1. The van der Waals surface area contributed by atoms with E-state index in [1.165, 1.54) is 16.4 Å². The fraction of sp³-hybridized carbons (Fsp3) is 0.500. The van der Waals surface area contributed by atoms with Crippen LogP contribution in [0.5, 0.6) is 5.75 Å². The minimum absolute atomic E-state index is 0.109. The molecule has 120 valence electrons. The molecule has 2 aliphatic rings. The van der Waals surface area contributed by atoms with Gasteiger partial charge in [0, 0.05) is 13.1 Å². The normalized spacial score (nSPS) is 22.6. The van der Waals surface area contributed by atoms with Crippen LogP contribution in [0.4, 0.5) is 0 Å². The number of morpholine rings is 1. The van der Waals surface area contributed by atoms with Gasteiger partial charge in [0.2, 0.25) is 10.0 Å². The van der Waals surface area contributed by atoms with Gasteiger partial charge < -0.3 is 14.6 Å². The van der Waals surface area contributed by atoms with Crippen LogP contribution < -0.4 is 4.74 Å². The lowest BCUT2D eigenvalue weighted by atomic mass is 9.97. The Morgan fingerprint density at radius 2 is 2.00 bits per heavy atom. The van der Waals surface area contributed by atoms with Gasteiger partial charge in [-0.1, -0.05) is 0 Å². The summed E-state index contributed by atoms with van der Waals surface area (Å²) in [4.78, 5) is 11.2. The summed E-state index contributed by atoms with van der Waals surface area (Å²) in [6.07, 6.45) is 0.275. The van der Waals surface area contributed by atoms with Gasteiger partial charge in [-0.05, 0) is 30.2 Å². The van der Waals surface area contributed by atoms with E-state index in [0.717, 1.165) is 0 Å². The second-order valence-electron chi connectivity index (χ2n) is 5.34. The molecular formula is C14H17NO6S. The highest BCUT2D eigenvalue weighted by Crippen LogP contribution is 2.30. The number of nitrogens with zero attached hydrogens (tertiary/aromatic N) is 1. The van der Waals surface area contributed by atoms with Crippen molar-refractivity contribution >= 4 is 16.0 Å². The molecule has 1 fully saturated rings. The van der Waals surface area contributed by atoms with Crippen LogP contribution in [0.2, 0.25) is 0 Å². The van der Waals surface area contributed by atoms with Crippen molar-refractivity contribution in [3.05, 3.63) is 23.8 Å². The first-order valence-corrected chi connectivity index (χ1v) is 8.49. The highest BCUT2D eigenvalue weighted by Gasteiger charge is 2.30. The third-order valence-electron chi connectivity index (χ3n) is 3.90. The van der Waals surface area contributed by atoms with Gasteiger partial charge >= 0.3 is 5.97 Å². The summed E-state index contributed by atoms with van der Waals surface area (Å²) in [6, 6.07) is 4.63. The van der Waals surface area contributed by atoms with Gasteiger partial charge in [0.1, 0.15) is 12.4 Å². The second-order valence-corrected chi connectivity index (χ2v) is 7.27. The van der Waals surface area contributed by atoms with Gasteiger partial charge in [-0.3, -0.25) is 4.79 Å². The predicted molar refractivity (Wildman–Crippen MR) is 76.3 cm³/mol. The Balaban J connectivity index is 1.89. The summed E-state index contributed by atoms with van der Waals surface area (Å²) in [5.41, 5.74) is 0.619. The van der Waals surface area contributed by atoms with Crippen LogP contribution >= 0.6 is 0 Å². The molecule has 22 heavy (non-hydrogen) atoms. The van der Waals surface area contributed by atoms with Crippen LogP contribution in [-0.2, 0) is 26.0 Å². The van der Waals surface area contributed by atoms with Gasteiger partial charge in [0.25, 0.3) is 0 Å². The van der Waals surface area contributed by atoms with E-state index in [1.807, 2.05) is 0 Å². The standard InChI is InChI=1S/C14H17NO6S/c16-14(17)11-7-10-8-12(1-2-13(10)21-9-11)22(18,19)15-3-5-20-6-4-15/h1-2,8,11H,3-7,9H2,(H,16,17). The van der Waals surface area contributed by atoms with Gasteiger partial charge in [-0.25, -0.2) is 8.42 Å². The largest absolute Gasteiger partial charge is 0.492 e. The molecule has 2 heterocycles. The van der Waals surface area contributed by atoms with E-state index in [2.05, 4.69) is 0 Å². The Bertz CT molecular complexity index is 681. The minimum Gasteiger partial charge on any atom is -0.492 e. The first-order valence-electron chi connectivity index (χ1n) is 7.05. The molecule has 1 aromatic rings. The van der Waals surface area contributed by atoms with E-state index in [-0.39, 0.29) is 17.9 Å². The average Bonchev–Trinajstić information content (AvgIpc) is 2.54.